The number of rotatable bonds is 0. The van der Waals surface area contributed by atoms with Crippen molar-refractivity contribution in [3.8, 4) is 45.6 Å². The maximum absolute atomic E-state index is 5.06. The van der Waals surface area contributed by atoms with Crippen LogP contribution in [0.1, 0.15) is 0 Å². The fourth-order valence-corrected chi connectivity index (χ4v) is 5.70. The first-order chi connectivity index (χ1) is 20.2. The third kappa shape index (κ3) is 3.44. The molecule has 2 aliphatic rings. The van der Waals surface area contributed by atoms with Crippen molar-refractivity contribution in [1.82, 2.24) is 39.5 Å². The normalized spacial score (nSPS) is 11.7. The third-order valence-corrected chi connectivity index (χ3v) is 7.63. The molecular weight excluding hydrogens is 572 g/mol. The van der Waals surface area contributed by atoms with E-state index in [1.165, 1.54) is 0 Å². The van der Waals surface area contributed by atoms with E-state index in [2.05, 4.69) is 7.05 Å². The smallest absolute Gasteiger partial charge is 0.451 e. The van der Waals surface area contributed by atoms with E-state index < -0.39 is 0 Å². The molecule has 0 saturated carbocycles. The molecule has 3 aromatic heterocycles. The van der Waals surface area contributed by atoms with Crippen molar-refractivity contribution in [2.75, 3.05) is 0 Å². The molecule has 0 aliphatic carbocycles. The van der Waals surface area contributed by atoms with Crippen molar-refractivity contribution in [3.05, 3.63) is 104 Å². The Morgan fingerprint density at radius 3 is 1.17 bits per heavy atom. The van der Waals surface area contributed by atoms with Crippen molar-refractivity contribution in [3.63, 3.8) is 0 Å². The molecule has 0 amide bonds. The van der Waals surface area contributed by atoms with Crippen molar-refractivity contribution < 1.29 is 17.1 Å². The second kappa shape index (κ2) is 9.07. The minimum Gasteiger partial charge on any atom is -0.451 e. The Bertz CT molecular complexity index is 2240. The third-order valence-electron chi connectivity index (χ3n) is 7.63. The predicted molar refractivity (Wildman–Crippen MR) is 159 cm³/mol. The summed E-state index contributed by atoms with van der Waals surface area (Å²) in [6, 6.07) is 31.9. The van der Waals surface area contributed by atoms with Gasteiger partial charge in [-0.25, -0.2) is 9.97 Å². The molecule has 4 aromatic carbocycles. The monoisotopic (exact) mass is 589 g/mol. The van der Waals surface area contributed by atoms with E-state index in [-0.39, 0.29) is 17.1 Å². The first-order valence-corrected chi connectivity index (χ1v) is 13.2. The van der Waals surface area contributed by atoms with Crippen LogP contribution in [-0.2, 0) is 17.1 Å². The summed E-state index contributed by atoms with van der Waals surface area (Å²) in [5.74, 6) is 2.23. The van der Waals surface area contributed by atoms with E-state index in [0.717, 1.165) is 43.8 Å². The Kier molecular flexibility index (Phi) is 5.28. The summed E-state index contributed by atoms with van der Waals surface area (Å²) >= 11 is 0. The van der Waals surface area contributed by atoms with Crippen molar-refractivity contribution in [2.45, 2.75) is 0 Å². The molecule has 8 nitrogen and oxygen atoms in total. The molecular formula is C33H18CuN8. The van der Waals surface area contributed by atoms with E-state index >= 15 is 0 Å². The van der Waals surface area contributed by atoms with Crippen LogP contribution in [0.15, 0.2) is 97.1 Å². The van der Waals surface area contributed by atoms with Gasteiger partial charge in [0.05, 0.1) is 11.6 Å². The minimum atomic E-state index is 0. The molecule has 0 unspecified atom stereocenters. The molecule has 2 aliphatic heterocycles. The molecule has 42 heavy (non-hydrogen) atoms. The zero-order valence-corrected chi connectivity index (χ0v) is 22.8. The van der Waals surface area contributed by atoms with Gasteiger partial charge in [0.25, 0.3) is 0 Å². The summed E-state index contributed by atoms with van der Waals surface area (Å²) in [5.41, 5.74) is 5.99. The molecule has 0 N–H and O–H groups in total. The van der Waals surface area contributed by atoms with Crippen LogP contribution in [-0.4, -0.2) is 34.5 Å². The Hall–Kier alpha value is -5.37. The summed E-state index contributed by atoms with van der Waals surface area (Å²) in [5, 5.41) is 3.63. The van der Waals surface area contributed by atoms with Gasteiger partial charge < -0.3 is 19.5 Å². The van der Waals surface area contributed by atoms with Crippen LogP contribution in [0.25, 0.3) is 89.7 Å². The summed E-state index contributed by atoms with van der Waals surface area (Å²) < 4.78 is 1.76. The van der Waals surface area contributed by atoms with Gasteiger partial charge in [0.15, 0.2) is 0 Å². The SMILES string of the molecule is [CH2-]n1c2nc3nc(nc4[n-]c(nc5nc(nc1c1ccccc12)-c1ccccc1-5)c1ccccc41)-c1ccccc1-3.[Cu+2]. The van der Waals surface area contributed by atoms with Crippen LogP contribution in [0.3, 0.4) is 0 Å². The van der Waals surface area contributed by atoms with Crippen molar-refractivity contribution >= 4 is 44.1 Å². The van der Waals surface area contributed by atoms with Crippen LogP contribution in [0, 0.1) is 7.05 Å². The van der Waals surface area contributed by atoms with Gasteiger partial charge >= 0.3 is 17.1 Å². The molecule has 9 heteroatoms. The zero-order valence-electron chi connectivity index (χ0n) is 21.8. The summed E-state index contributed by atoms with van der Waals surface area (Å²) in [7, 11) is 4.36. The Labute approximate surface area is 249 Å². The Morgan fingerprint density at radius 2 is 0.762 bits per heavy atom. The maximum Gasteiger partial charge on any atom is 2.00 e. The average Bonchev–Trinajstić information content (AvgIpc) is 3.72. The number of hydrogen-bond acceptors (Lipinski definition) is 6. The fraction of sp³-hybridized carbons (Fsp3) is 0. The van der Waals surface area contributed by atoms with Crippen LogP contribution < -0.4 is 4.98 Å². The number of aromatic nitrogens is 8. The van der Waals surface area contributed by atoms with Crippen LogP contribution in [0.4, 0.5) is 0 Å². The first kappa shape index (κ1) is 24.4. The second-order valence-corrected chi connectivity index (χ2v) is 9.98. The van der Waals surface area contributed by atoms with Gasteiger partial charge in [-0.3, -0.25) is 9.97 Å². The zero-order chi connectivity index (χ0) is 27.1. The van der Waals surface area contributed by atoms with Crippen LogP contribution in [0.2, 0.25) is 0 Å². The summed E-state index contributed by atoms with van der Waals surface area (Å²) in [4.78, 5) is 34.8. The van der Waals surface area contributed by atoms with Gasteiger partial charge in [0, 0.05) is 44.8 Å². The summed E-state index contributed by atoms with van der Waals surface area (Å²) in [6.07, 6.45) is 0. The van der Waals surface area contributed by atoms with Gasteiger partial charge in [0.2, 0.25) is 0 Å². The van der Waals surface area contributed by atoms with Gasteiger partial charge in [-0.15, -0.1) is 7.05 Å². The molecule has 0 spiro atoms. The molecule has 9 rings (SSSR count). The van der Waals surface area contributed by atoms with Crippen LogP contribution >= 0.6 is 0 Å². The van der Waals surface area contributed by atoms with Crippen molar-refractivity contribution in [2.24, 2.45) is 0 Å². The average molecular weight is 590 g/mol. The topological polar surface area (TPSA) is 96.4 Å². The summed E-state index contributed by atoms with van der Waals surface area (Å²) in [6.45, 7) is 0. The molecule has 201 valence electrons. The van der Waals surface area contributed by atoms with E-state index in [1.54, 1.807) is 4.57 Å². The number of nitrogens with zero attached hydrogens (tertiary/aromatic N) is 8. The molecule has 0 atom stereocenters. The first-order valence-electron chi connectivity index (χ1n) is 13.2. The van der Waals surface area contributed by atoms with E-state index in [4.69, 9.17) is 34.9 Å². The van der Waals surface area contributed by atoms with Gasteiger partial charge in [-0.1, -0.05) is 97.1 Å². The van der Waals surface area contributed by atoms with Crippen LogP contribution in [0.5, 0.6) is 0 Å². The van der Waals surface area contributed by atoms with Gasteiger partial charge in [-0.05, 0) is 21.5 Å². The molecule has 0 fully saturated rings. The Balaban J connectivity index is 0.00000267. The molecule has 5 heterocycles. The predicted octanol–water partition coefficient (Wildman–Crippen LogP) is 6.61. The minimum absolute atomic E-state index is 0. The van der Waals surface area contributed by atoms with Gasteiger partial charge in [-0.2, -0.15) is 0 Å². The van der Waals surface area contributed by atoms with Gasteiger partial charge in [0.1, 0.15) is 11.6 Å². The quantitative estimate of drug-likeness (QED) is 0.145. The van der Waals surface area contributed by atoms with E-state index in [1.807, 2.05) is 97.1 Å². The number of hydrogen-bond donors (Lipinski definition) is 0. The number of benzene rings is 4. The molecule has 7 aromatic rings. The largest absolute Gasteiger partial charge is 2.00 e. The standard InChI is InChI=1S/C33H18N8.Cu/c1-41-32-24-16-8-9-17-25(24)33(41)40-31-23-15-7-5-13-21(23)29(38-31)36-27-19-11-3-2-10-18(19)26(34-27)35-28-20-12-4-6-14-22(20)30(37-28)39-32;/h2-17H,1H2;/q-2;+2. The molecule has 1 radical (unpaired) electrons. The Morgan fingerprint density at radius 1 is 0.429 bits per heavy atom. The second-order valence-electron chi connectivity index (χ2n) is 9.98. The molecule has 8 bridgehead atoms. The van der Waals surface area contributed by atoms with E-state index in [0.29, 0.717) is 45.9 Å². The fourth-order valence-electron chi connectivity index (χ4n) is 5.70. The molecule has 0 saturated heterocycles. The van der Waals surface area contributed by atoms with E-state index in [9.17, 15) is 0 Å². The number of fused-ring (bicyclic) bond motifs is 20. The maximum atomic E-state index is 5.06. The van der Waals surface area contributed by atoms with Crippen molar-refractivity contribution in [1.29, 1.82) is 0 Å².